The maximum atomic E-state index is 13.4. The Hall–Kier alpha value is -0.930. The van der Waals surface area contributed by atoms with Gasteiger partial charge in [0.1, 0.15) is 0 Å². The predicted octanol–water partition coefficient (Wildman–Crippen LogP) is 2.07. The van der Waals surface area contributed by atoms with Gasteiger partial charge in [-0.25, -0.2) is 8.78 Å². The minimum atomic E-state index is -2.74. The highest BCUT2D eigenvalue weighted by molar-refractivity contribution is 5.87. The number of likely N-dealkylation sites (tertiary alicyclic amines) is 1. The Morgan fingerprint density at radius 1 is 1.71 bits per heavy atom. The highest BCUT2D eigenvalue weighted by atomic mass is 19.3. The smallest absolute Gasteiger partial charge is 0.268 e. The van der Waals surface area contributed by atoms with Gasteiger partial charge in [-0.05, 0) is 18.9 Å². The van der Waals surface area contributed by atoms with Gasteiger partial charge in [0.2, 0.25) is 5.91 Å². The topological polar surface area (TPSA) is 20.3 Å². The van der Waals surface area contributed by atoms with Gasteiger partial charge in [-0.1, -0.05) is 13.5 Å². The standard InChI is InChI=1S/C10H15F2NO/c1-3-8-5-6-13(9(14)4-2)7-10(8,11)12/h4,8H,2-3,5-7H2,1H3. The molecule has 0 aromatic carbocycles. The van der Waals surface area contributed by atoms with E-state index in [1.54, 1.807) is 6.92 Å². The molecule has 4 heteroatoms. The first kappa shape index (κ1) is 11.1. The summed E-state index contributed by atoms with van der Waals surface area (Å²) in [6.07, 6.45) is 1.93. The van der Waals surface area contributed by atoms with Gasteiger partial charge in [-0.15, -0.1) is 0 Å². The molecular weight excluding hydrogens is 188 g/mol. The van der Waals surface area contributed by atoms with Crippen molar-refractivity contribution in [3.8, 4) is 0 Å². The molecule has 1 amide bonds. The number of carbonyl (C=O) groups is 1. The molecule has 0 aliphatic carbocycles. The van der Waals surface area contributed by atoms with Crippen LogP contribution in [0.15, 0.2) is 12.7 Å². The Morgan fingerprint density at radius 3 is 2.79 bits per heavy atom. The number of amides is 1. The molecule has 1 fully saturated rings. The highest BCUT2D eigenvalue weighted by Crippen LogP contribution is 2.34. The molecule has 1 atom stereocenters. The summed E-state index contributed by atoms with van der Waals surface area (Å²) < 4.78 is 26.8. The Balaban J connectivity index is 2.66. The predicted molar refractivity (Wildman–Crippen MR) is 50.1 cm³/mol. The third-order valence-corrected chi connectivity index (χ3v) is 2.73. The molecule has 1 rings (SSSR count). The van der Waals surface area contributed by atoms with Crippen LogP contribution in [0, 0.1) is 5.92 Å². The van der Waals surface area contributed by atoms with Crippen LogP contribution in [0.3, 0.4) is 0 Å². The van der Waals surface area contributed by atoms with Crippen LogP contribution in [0.1, 0.15) is 19.8 Å². The second-order valence-electron chi connectivity index (χ2n) is 3.62. The van der Waals surface area contributed by atoms with E-state index >= 15 is 0 Å². The maximum absolute atomic E-state index is 13.4. The molecule has 2 nitrogen and oxygen atoms in total. The molecule has 1 unspecified atom stereocenters. The molecule has 0 bridgehead atoms. The van der Waals surface area contributed by atoms with Gasteiger partial charge in [0.05, 0.1) is 6.54 Å². The number of halogens is 2. The summed E-state index contributed by atoms with van der Waals surface area (Å²) in [6.45, 7) is 4.99. The van der Waals surface area contributed by atoms with E-state index in [1.165, 1.54) is 4.90 Å². The molecule has 0 radical (unpaired) electrons. The Bertz CT molecular complexity index is 240. The number of nitrogens with zero attached hydrogens (tertiary/aromatic N) is 1. The van der Waals surface area contributed by atoms with Crippen LogP contribution in [-0.2, 0) is 4.79 Å². The minimum absolute atomic E-state index is 0.378. The summed E-state index contributed by atoms with van der Waals surface area (Å²) in [4.78, 5) is 12.3. The second kappa shape index (κ2) is 4.07. The Morgan fingerprint density at radius 2 is 2.36 bits per heavy atom. The number of hydrogen-bond donors (Lipinski definition) is 0. The average molecular weight is 203 g/mol. The van der Waals surface area contributed by atoms with Crippen LogP contribution < -0.4 is 0 Å². The zero-order chi connectivity index (χ0) is 10.8. The fraction of sp³-hybridized carbons (Fsp3) is 0.700. The molecule has 14 heavy (non-hydrogen) atoms. The fourth-order valence-corrected chi connectivity index (χ4v) is 1.81. The molecule has 1 aliphatic rings. The molecule has 0 saturated carbocycles. The van der Waals surface area contributed by atoms with Crippen molar-refractivity contribution in [3.63, 3.8) is 0 Å². The molecule has 1 heterocycles. The third-order valence-electron chi connectivity index (χ3n) is 2.73. The number of alkyl halides is 2. The SMILES string of the molecule is C=CC(=O)N1CCC(CC)C(F)(F)C1. The van der Waals surface area contributed by atoms with Crippen molar-refractivity contribution in [3.05, 3.63) is 12.7 Å². The molecule has 0 aromatic heterocycles. The van der Waals surface area contributed by atoms with Crippen molar-refractivity contribution < 1.29 is 13.6 Å². The molecule has 0 aromatic rings. The van der Waals surface area contributed by atoms with Gasteiger partial charge < -0.3 is 4.90 Å². The number of piperidine rings is 1. The summed E-state index contributed by atoms with van der Waals surface area (Å²) in [5.74, 6) is -3.73. The Labute approximate surface area is 82.6 Å². The second-order valence-corrected chi connectivity index (χ2v) is 3.62. The maximum Gasteiger partial charge on any atom is 0.268 e. The van der Waals surface area contributed by atoms with E-state index in [4.69, 9.17) is 0 Å². The van der Waals surface area contributed by atoms with E-state index < -0.39 is 24.3 Å². The monoisotopic (exact) mass is 203 g/mol. The summed E-state index contributed by atoms with van der Waals surface area (Å²) in [5.41, 5.74) is 0. The van der Waals surface area contributed by atoms with Gasteiger partial charge in [-0.3, -0.25) is 4.79 Å². The largest absolute Gasteiger partial charge is 0.333 e. The van der Waals surface area contributed by atoms with E-state index in [9.17, 15) is 13.6 Å². The summed E-state index contributed by atoms with van der Waals surface area (Å²) in [7, 11) is 0. The van der Waals surface area contributed by atoms with Crippen molar-refractivity contribution in [1.82, 2.24) is 4.90 Å². The lowest BCUT2D eigenvalue weighted by atomic mass is 9.90. The van der Waals surface area contributed by atoms with E-state index in [2.05, 4.69) is 6.58 Å². The lowest BCUT2D eigenvalue weighted by Crippen LogP contribution is -2.50. The molecular formula is C10H15F2NO. The minimum Gasteiger partial charge on any atom is -0.333 e. The summed E-state index contributed by atoms with van der Waals surface area (Å²) in [5, 5.41) is 0. The van der Waals surface area contributed by atoms with Gasteiger partial charge in [0.15, 0.2) is 0 Å². The number of rotatable bonds is 2. The number of hydrogen-bond acceptors (Lipinski definition) is 1. The molecule has 1 saturated heterocycles. The van der Waals surface area contributed by atoms with Crippen molar-refractivity contribution in [2.75, 3.05) is 13.1 Å². The van der Waals surface area contributed by atoms with E-state index in [0.717, 1.165) is 6.08 Å². The molecule has 80 valence electrons. The summed E-state index contributed by atoms with van der Waals surface area (Å²) >= 11 is 0. The van der Waals surface area contributed by atoms with Crippen LogP contribution in [0.4, 0.5) is 8.78 Å². The lowest BCUT2D eigenvalue weighted by Gasteiger charge is -2.37. The average Bonchev–Trinajstić information content (AvgIpc) is 2.15. The van der Waals surface area contributed by atoms with Crippen molar-refractivity contribution in [2.45, 2.75) is 25.7 Å². The first-order chi connectivity index (χ1) is 6.51. The first-order valence-electron chi connectivity index (χ1n) is 4.80. The normalized spacial score (nSPS) is 25.9. The zero-order valence-corrected chi connectivity index (χ0v) is 8.30. The first-order valence-corrected chi connectivity index (χ1v) is 4.80. The van der Waals surface area contributed by atoms with Crippen molar-refractivity contribution in [1.29, 1.82) is 0 Å². The summed E-state index contributed by atoms with van der Waals surface area (Å²) in [6, 6.07) is 0. The molecule has 0 N–H and O–H groups in total. The van der Waals surface area contributed by atoms with Crippen LogP contribution in [-0.4, -0.2) is 29.8 Å². The third kappa shape index (κ3) is 2.11. The zero-order valence-electron chi connectivity index (χ0n) is 8.30. The van der Waals surface area contributed by atoms with Gasteiger partial charge >= 0.3 is 0 Å². The van der Waals surface area contributed by atoms with Crippen LogP contribution in [0.5, 0.6) is 0 Å². The van der Waals surface area contributed by atoms with Gasteiger partial charge in [0, 0.05) is 12.5 Å². The van der Waals surface area contributed by atoms with Crippen LogP contribution in [0.2, 0.25) is 0 Å². The molecule has 0 spiro atoms. The fourth-order valence-electron chi connectivity index (χ4n) is 1.81. The van der Waals surface area contributed by atoms with E-state index in [-0.39, 0.29) is 0 Å². The number of carbonyl (C=O) groups excluding carboxylic acids is 1. The van der Waals surface area contributed by atoms with Crippen LogP contribution in [0.25, 0.3) is 0 Å². The Kier molecular flexibility index (Phi) is 3.24. The molecule has 1 aliphatic heterocycles. The van der Waals surface area contributed by atoms with Gasteiger partial charge in [0.25, 0.3) is 5.92 Å². The quantitative estimate of drug-likeness (QED) is 0.629. The van der Waals surface area contributed by atoms with E-state index in [0.29, 0.717) is 19.4 Å². The lowest BCUT2D eigenvalue weighted by molar-refractivity contribution is -0.146. The van der Waals surface area contributed by atoms with Crippen molar-refractivity contribution in [2.24, 2.45) is 5.92 Å². The van der Waals surface area contributed by atoms with Gasteiger partial charge in [-0.2, -0.15) is 0 Å². The highest BCUT2D eigenvalue weighted by Gasteiger charge is 2.44. The van der Waals surface area contributed by atoms with E-state index in [1.807, 2.05) is 0 Å². The van der Waals surface area contributed by atoms with Crippen molar-refractivity contribution >= 4 is 5.91 Å². The van der Waals surface area contributed by atoms with Crippen LogP contribution >= 0.6 is 0 Å².